The lowest BCUT2D eigenvalue weighted by molar-refractivity contribution is -0.122. The molecule has 0 aromatic heterocycles. The van der Waals surface area contributed by atoms with Crippen LogP contribution in [0, 0.1) is 5.92 Å². The fourth-order valence-corrected chi connectivity index (χ4v) is 3.30. The van der Waals surface area contributed by atoms with Crippen LogP contribution in [0.4, 0.5) is 0 Å². The lowest BCUT2D eigenvalue weighted by atomic mass is 10.0. The van der Waals surface area contributed by atoms with Crippen LogP contribution in [0.15, 0.2) is 4.99 Å². The standard InChI is InChI=1S/C20H41N5O2.HI/c1-6-11-22-19(26)15-25-13-9-17(10-14-25)24-20(21-5)23-12-8-18(16(3)4)27-7-2;/h16-18H,6-15H2,1-5H3,(H,22,26)(H2,21,23,24);1H. The molecule has 1 amide bonds. The summed E-state index contributed by atoms with van der Waals surface area (Å²) in [6, 6.07) is 0.402. The second-order valence-corrected chi connectivity index (χ2v) is 7.57. The lowest BCUT2D eigenvalue weighted by Crippen LogP contribution is -2.50. The maximum absolute atomic E-state index is 11.8. The number of guanidine groups is 1. The first-order valence-corrected chi connectivity index (χ1v) is 10.6. The van der Waals surface area contributed by atoms with E-state index in [0.29, 0.717) is 18.5 Å². The Morgan fingerprint density at radius 2 is 1.86 bits per heavy atom. The first kappa shape index (κ1) is 27.4. The zero-order valence-electron chi connectivity index (χ0n) is 18.4. The minimum Gasteiger partial charge on any atom is -0.378 e. The molecule has 1 saturated heterocycles. The third kappa shape index (κ3) is 11.4. The third-order valence-corrected chi connectivity index (χ3v) is 4.94. The number of hydrogen-bond donors (Lipinski definition) is 3. The number of nitrogens with zero attached hydrogens (tertiary/aromatic N) is 2. The average Bonchev–Trinajstić information content (AvgIpc) is 2.66. The molecule has 0 radical (unpaired) electrons. The number of likely N-dealkylation sites (tertiary alicyclic amines) is 1. The number of ether oxygens (including phenoxy) is 1. The van der Waals surface area contributed by atoms with Crippen LogP contribution >= 0.6 is 24.0 Å². The third-order valence-electron chi connectivity index (χ3n) is 4.94. The number of nitrogens with one attached hydrogen (secondary N) is 3. The number of carbonyl (C=O) groups excluding carboxylic acids is 1. The minimum atomic E-state index is 0. The fraction of sp³-hybridized carbons (Fsp3) is 0.900. The van der Waals surface area contributed by atoms with E-state index >= 15 is 0 Å². The summed E-state index contributed by atoms with van der Waals surface area (Å²) in [5.74, 6) is 1.50. The van der Waals surface area contributed by atoms with Crippen LogP contribution < -0.4 is 16.0 Å². The van der Waals surface area contributed by atoms with Crippen LogP contribution in [0.1, 0.15) is 53.4 Å². The monoisotopic (exact) mass is 511 g/mol. The summed E-state index contributed by atoms with van der Waals surface area (Å²) >= 11 is 0. The van der Waals surface area contributed by atoms with E-state index in [-0.39, 0.29) is 36.0 Å². The van der Waals surface area contributed by atoms with Gasteiger partial charge in [-0.15, -0.1) is 24.0 Å². The SMILES string of the molecule is CCCNC(=O)CN1CCC(NC(=NC)NCCC(OCC)C(C)C)CC1.I. The van der Waals surface area contributed by atoms with Gasteiger partial charge in [-0.1, -0.05) is 20.8 Å². The highest BCUT2D eigenvalue weighted by Gasteiger charge is 2.21. The smallest absolute Gasteiger partial charge is 0.234 e. The van der Waals surface area contributed by atoms with Gasteiger partial charge in [0.1, 0.15) is 0 Å². The van der Waals surface area contributed by atoms with Crippen molar-refractivity contribution in [1.82, 2.24) is 20.9 Å². The zero-order valence-corrected chi connectivity index (χ0v) is 20.8. The summed E-state index contributed by atoms with van der Waals surface area (Å²) in [7, 11) is 1.81. The summed E-state index contributed by atoms with van der Waals surface area (Å²) in [5, 5.41) is 9.87. The largest absolute Gasteiger partial charge is 0.378 e. The fourth-order valence-electron chi connectivity index (χ4n) is 3.30. The van der Waals surface area contributed by atoms with Crippen molar-refractivity contribution in [1.29, 1.82) is 0 Å². The summed E-state index contributed by atoms with van der Waals surface area (Å²) in [6.45, 7) is 13.3. The van der Waals surface area contributed by atoms with E-state index in [2.05, 4.69) is 46.6 Å². The Balaban J connectivity index is 0.00000729. The van der Waals surface area contributed by atoms with E-state index < -0.39 is 0 Å². The Hall–Kier alpha value is -0.610. The molecule has 0 aromatic rings. The highest BCUT2D eigenvalue weighted by atomic mass is 127. The van der Waals surface area contributed by atoms with Crippen LogP contribution in [-0.2, 0) is 9.53 Å². The number of halogens is 1. The summed E-state index contributed by atoms with van der Waals surface area (Å²) < 4.78 is 5.80. The maximum Gasteiger partial charge on any atom is 0.234 e. The molecule has 0 spiro atoms. The molecule has 1 rings (SSSR count). The van der Waals surface area contributed by atoms with Gasteiger partial charge in [0.15, 0.2) is 5.96 Å². The van der Waals surface area contributed by atoms with E-state index in [1.54, 1.807) is 0 Å². The van der Waals surface area contributed by atoms with Gasteiger partial charge in [-0.3, -0.25) is 14.7 Å². The highest BCUT2D eigenvalue weighted by Crippen LogP contribution is 2.11. The first-order valence-electron chi connectivity index (χ1n) is 10.6. The van der Waals surface area contributed by atoms with Crippen LogP contribution in [0.3, 0.4) is 0 Å². The Bertz CT molecular complexity index is 440. The van der Waals surface area contributed by atoms with Crippen LogP contribution in [0.2, 0.25) is 0 Å². The molecular formula is C20H42IN5O2. The summed E-state index contributed by atoms with van der Waals surface area (Å²) in [6.07, 6.45) is 4.27. The molecule has 0 aromatic carbocycles. The van der Waals surface area contributed by atoms with E-state index in [4.69, 9.17) is 4.74 Å². The number of amides is 1. The van der Waals surface area contributed by atoms with E-state index in [1.165, 1.54) is 0 Å². The molecule has 0 saturated carbocycles. The molecule has 0 bridgehead atoms. The van der Waals surface area contributed by atoms with Crippen LogP contribution in [0.5, 0.6) is 0 Å². The van der Waals surface area contributed by atoms with Gasteiger partial charge in [0.2, 0.25) is 5.91 Å². The van der Waals surface area contributed by atoms with Crippen molar-refractivity contribution in [3.63, 3.8) is 0 Å². The van der Waals surface area contributed by atoms with Crippen molar-refractivity contribution in [3.05, 3.63) is 0 Å². The lowest BCUT2D eigenvalue weighted by Gasteiger charge is -2.32. The Morgan fingerprint density at radius 3 is 2.39 bits per heavy atom. The molecule has 8 heteroatoms. The van der Waals surface area contributed by atoms with Crippen molar-refractivity contribution in [2.24, 2.45) is 10.9 Å². The molecule has 1 aliphatic rings. The maximum atomic E-state index is 11.8. The van der Waals surface area contributed by atoms with Gasteiger partial charge in [0.25, 0.3) is 0 Å². The molecule has 0 aliphatic carbocycles. The van der Waals surface area contributed by atoms with Gasteiger partial charge in [0, 0.05) is 45.9 Å². The van der Waals surface area contributed by atoms with Gasteiger partial charge < -0.3 is 20.7 Å². The molecule has 1 unspecified atom stereocenters. The normalized spacial score (nSPS) is 17.1. The summed E-state index contributed by atoms with van der Waals surface area (Å²) in [5.41, 5.74) is 0. The minimum absolute atomic E-state index is 0. The van der Waals surface area contributed by atoms with E-state index in [9.17, 15) is 4.79 Å². The summed E-state index contributed by atoms with van der Waals surface area (Å²) in [4.78, 5) is 18.4. The van der Waals surface area contributed by atoms with Crippen molar-refractivity contribution in [2.75, 3.05) is 46.4 Å². The Kier molecular flexibility index (Phi) is 15.9. The van der Waals surface area contributed by atoms with Crippen molar-refractivity contribution in [2.45, 2.75) is 65.5 Å². The van der Waals surface area contributed by atoms with Gasteiger partial charge in [-0.25, -0.2) is 0 Å². The quantitative estimate of drug-likeness (QED) is 0.225. The van der Waals surface area contributed by atoms with Crippen LogP contribution in [-0.4, -0.2) is 75.3 Å². The molecule has 1 fully saturated rings. The Morgan fingerprint density at radius 1 is 1.18 bits per heavy atom. The molecule has 7 nitrogen and oxygen atoms in total. The second-order valence-electron chi connectivity index (χ2n) is 7.57. The molecule has 28 heavy (non-hydrogen) atoms. The highest BCUT2D eigenvalue weighted by molar-refractivity contribution is 14.0. The number of hydrogen-bond acceptors (Lipinski definition) is 4. The Labute approximate surface area is 188 Å². The topological polar surface area (TPSA) is 78.0 Å². The average molecular weight is 511 g/mol. The molecule has 1 aliphatic heterocycles. The number of rotatable bonds is 11. The predicted octanol–water partition coefficient (Wildman–Crippen LogP) is 2.21. The molecule has 3 N–H and O–H groups in total. The van der Waals surface area contributed by atoms with Crippen molar-refractivity contribution in [3.8, 4) is 0 Å². The molecule has 166 valence electrons. The zero-order chi connectivity index (χ0) is 20.1. The van der Waals surface area contributed by atoms with Gasteiger partial charge in [-0.2, -0.15) is 0 Å². The molecule has 1 heterocycles. The van der Waals surface area contributed by atoms with E-state index in [0.717, 1.165) is 64.4 Å². The van der Waals surface area contributed by atoms with E-state index in [1.807, 2.05) is 14.0 Å². The van der Waals surface area contributed by atoms with Gasteiger partial charge in [0.05, 0.1) is 12.6 Å². The van der Waals surface area contributed by atoms with Crippen molar-refractivity contribution < 1.29 is 9.53 Å². The first-order chi connectivity index (χ1) is 13.0. The number of carbonyl (C=O) groups is 1. The van der Waals surface area contributed by atoms with Crippen LogP contribution in [0.25, 0.3) is 0 Å². The second kappa shape index (κ2) is 16.2. The molecule has 1 atom stereocenters. The number of aliphatic imine (C=N–C) groups is 1. The number of piperidine rings is 1. The van der Waals surface area contributed by atoms with Gasteiger partial charge in [-0.05, 0) is 38.5 Å². The van der Waals surface area contributed by atoms with Crippen molar-refractivity contribution >= 4 is 35.8 Å². The van der Waals surface area contributed by atoms with Gasteiger partial charge >= 0.3 is 0 Å². The predicted molar refractivity (Wildman–Crippen MR) is 128 cm³/mol. The molecular weight excluding hydrogens is 469 g/mol.